The third kappa shape index (κ3) is 5.49. The van der Waals surface area contributed by atoms with Gasteiger partial charge in [-0.25, -0.2) is 13.6 Å². The van der Waals surface area contributed by atoms with Crippen LogP contribution in [-0.4, -0.2) is 24.5 Å². The Hall–Kier alpha value is -1.98. The number of unbranched alkanes of at least 4 members (excludes halogenated alkanes) is 2. The molecule has 0 aliphatic heterocycles. The average Bonchev–Trinajstić information content (AvgIpc) is 2.46. The predicted molar refractivity (Wildman–Crippen MR) is 73.8 cm³/mol. The average molecular weight is 299 g/mol. The molecule has 1 atom stereocenters. The Labute approximate surface area is 122 Å². The zero-order valence-electron chi connectivity index (χ0n) is 12.1. The van der Waals surface area contributed by atoms with Crippen molar-refractivity contribution in [3.8, 4) is 0 Å². The molecule has 116 valence electrons. The van der Waals surface area contributed by atoms with E-state index in [2.05, 4.69) is 5.32 Å². The van der Waals surface area contributed by atoms with E-state index in [1.165, 1.54) is 6.92 Å². The number of amides is 1. The summed E-state index contributed by atoms with van der Waals surface area (Å²) in [6, 6.07) is 1.93. The lowest BCUT2D eigenvalue weighted by molar-refractivity contribution is -0.145. The number of nitrogens with one attached hydrogen (secondary N) is 1. The summed E-state index contributed by atoms with van der Waals surface area (Å²) in [5.41, 5.74) is -0.0560. The van der Waals surface area contributed by atoms with Gasteiger partial charge in [-0.1, -0.05) is 19.8 Å². The quantitative estimate of drug-likeness (QED) is 0.622. The molecule has 0 aromatic heterocycles. The van der Waals surface area contributed by atoms with Crippen LogP contribution in [0, 0.1) is 11.6 Å². The van der Waals surface area contributed by atoms with E-state index in [1.807, 2.05) is 6.92 Å². The lowest BCUT2D eigenvalue weighted by Gasteiger charge is -2.13. The Balaban J connectivity index is 2.49. The smallest absolute Gasteiger partial charge is 0.328 e. The van der Waals surface area contributed by atoms with Crippen molar-refractivity contribution in [2.24, 2.45) is 0 Å². The number of carbonyl (C=O) groups excluding carboxylic acids is 2. The summed E-state index contributed by atoms with van der Waals surface area (Å²) in [4.78, 5) is 23.4. The lowest BCUT2D eigenvalue weighted by atomic mass is 10.2. The minimum absolute atomic E-state index is 0.0560. The molecule has 0 fully saturated rings. The van der Waals surface area contributed by atoms with E-state index in [-0.39, 0.29) is 5.56 Å². The predicted octanol–water partition coefficient (Wildman–Crippen LogP) is 2.82. The van der Waals surface area contributed by atoms with E-state index in [0.29, 0.717) is 6.61 Å². The molecule has 0 radical (unpaired) electrons. The number of halogens is 2. The molecule has 21 heavy (non-hydrogen) atoms. The van der Waals surface area contributed by atoms with Gasteiger partial charge >= 0.3 is 5.97 Å². The van der Waals surface area contributed by atoms with Gasteiger partial charge in [-0.2, -0.15) is 0 Å². The van der Waals surface area contributed by atoms with Gasteiger partial charge in [0.25, 0.3) is 5.91 Å². The molecule has 6 heteroatoms. The largest absolute Gasteiger partial charge is 0.464 e. The molecule has 1 N–H and O–H groups in total. The summed E-state index contributed by atoms with van der Waals surface area (Å²) in [7, 11) is 0. The molecule has 0 saturated carbocycles. The van der Waals surface area contributed by atoms with Gasteiger partial charge in [0.2, 0.25) is 0 Å². The van der Waals surface area contributed by atoms with Gasteiger partial charge in [0, 0.05) is 5.56 Å². The Morgan fingerprint density at radius 1 is 1.24 bits per heavy atom. The lowest BCUT2D eigenvalue weighted by Crippen LogP contribution is -2.39. The summed E-state index contributed by atoms with van der Waals surface area (Å²) in [5, 5.41) is 2.38. The molecule has 0 spiro atoms. The van der Waals surface area contributed by atoms with Crippen LogP contribution in [0.15, 0.2) is 18.2 Å². The summed E-state index contributed by atoms with van der Waals surface area (Å²) >= 11 is 0. The SMILES string of the molecule is CCCCCOC(=O)C(C)NC(=O)c1ccc(F)c(F)c1. The van der Waals surface area contributed by atoms with Crippen LogP contribution in [0.5, 0.6) is 0 Å². The molecule has 1 rings (SSSR count). The maximum Gasteiger partial charge on any atom is 0.328 e. The molecule has 1 unspecified atom stereocenters. The fraction of sp³-hybridized carbons (Fsp3) is 0.467. The monoisotopic (exact) mass is 299 g/mol. The molecule has 1 aromatic carbocycles. The van der Waals surface area contributed by atoms with Crippen molar-refractivity contribution in [2.45, 2.75) is 39.2 Å². The van der Waals surface area contributed by atoms with E-state index in [9.17, 15) is 18.4 Å². The minimum Gasteiger partial charge on any atom is -0.464 e. The molecule has 1 amide bonds. The fourth-order valence-corrected chi connectivity index (χ4v) is 1.63. The van der Waals surface area contributed by atoms with E-state index in [0.717, 1.165) is 37.5 Å². The number of ether oxygens (including phenoxy) is 1. The molecule has 0 bridgehead atoms. The van der Waals surface area contributed by atoms with Crippen molar-refractivity contribution in [2.75, 3.05) is 6.61 Å². The van der Waals surface area contributed by atoms with Gasteiger partial charge in [0.1, 0.15) is 6.04 Å². The van der Waals surface area contributed by atoms with Crippen LogP contribution in [0.25, 0.3) is 0 Å². The van der Waals surface area contributed by atoms with E-state index < -0.39 is 29.6 Å². The summed E-state index contributed by atoms with van der Waals surface area (Å²) < 4.78 is 30.8. The summed E-state index contributed by atoms with van der Waals surface area (Å²) in [6.07, 6.45) is 2.74. The van der Waals surface area contributed by atoms with Gasteiger partial charge in [-0.3, -0.25) is 4.79 Å². The number of carbonyl (C=O) groups is 2. The van der Waals surface area contributed by atoms with Gasteiger partial charge in [-0.15, -0.1) is 0 Å². The third-order valence-electron chi connectivity index (χ3n) is 2.88. The number of hydrogen-bond acceptors (Lipinski definition) is 3. The van der Waals surface area contributed by atoms with E-state index in [1.54, 1.807) is 0 Å². The molecule has 0 aliphatic rings. The maximum atomic E-state index is 13.0. The Morgan fingerprint density at radius 3 is 2.57 bits per heavy atom. The van der Waals surface area contributed by atoms with Crippen LogP contribution < -0.4 is 5.32 Å². The topological polar surface area (TPSA) is 55.4 Å². The van der Waals surface area contributed by atoms with Crippen LogP contribution in [0.2, 0.25) is 0 Å². The summed E-state index contributed by atoms with van der Waals surface area (Å²) in [5.74, 6) is -3.36. The highest BCUT2D eigenvalue weighted by molar-refractivity contribution is 5.96. The van der Waals surface area contributed by atoms with Gasteiger partial charge in [0.05, 0.1) is 6.61 Å². The Morgan fingerprint density at radius 2 is 1.95 bits per heavy atom. The van der Waals surface area contributed by atoms with E-state index >= 15 is 0 Å². The first-order valence-corrected chi connectivity index (χ1v) is 6.88. The first kappa shape index (κ1) is 17.1. The van der Waals surface area contributed by atoms with E-state index in [4.69, 9.17) is 4.74 Å². The normalized spacial score (nSPS) is 11.8. The first-order valence-electron chi connectivity index (χ1n) is 6.88. The maximum absolute atomic E-state index is 13.0. The summed E-state index contributed by atoms with van der Waals surface area (Å²) in [6.45, 7) is 3.81. The number of rotatable bonds is 7. The minimum atomic E-state index is -1.11. The van der Waals surface area contributed by atoms with Crippen molar-refractivity contribution < 1.29 is 23.1 Å². The van der Waals surface area contributed by atoms with Crippen LogP contribution >= 0.6 is 0 Å². The molecule has 1 aromatic rings. The second kappa shape index (κ2) is 8.34. The molecule has 0 aliphatic carbocycles. The van der Waals surface area contributed by atoms with Crippen molar-refractivity contribution in [1.82, 2.24) is 5.32 Å². The van der Waals surface area contributed by atoms with Crippen molar-refractivity contribution in [1.29, 1.82) is 0 Å². The Kier molecular flexibility index (Phi) is 6.78. The number of benzene rings is 1. The van der Waals surface area contributed by atoms with Crippen LogP contribution in [0.4, 0.5) is 8.78 Å². The first-order chi connectivity index (χ1) is 9.95. The standard InChI is InChI=1S/C15H19F2NO3/c1-3-4-5-8-21-15(20)10(2)18-14(19)11-6-7-12(16)13(17)9-11/h6-7,9-10H,3-5,8H2,1-2H3,(H,18,19). The molecular formula is C15H19F2NO3. The van der Waals surface area contributed by atoms with Crippen molar-refractivity contribution in [3.63, 3.8) is 0 Å². The second-order valence-electron chi connectivity index (χ2n) is 4.70. The Bertz CT molecular complexity index is 506. The highest BCUT2D eigenvalue weighted by atomic mass is 19.2. The van der Waals surface area contributed by atoms with Gasteiger partial charge in [0.15, 0.2) is 11.6 Å². The molecular weight excluding hydrogens is 280 g/mol. The van der Waals surface area contributed by atoms with Gasteiger partial charge in [-0.05, 0) is 31.5 Å². The number of esters is 1. The van der Waals surface area contributed by atoms with Crippen LogP contribution in [-0.2, 0) is 9.53 Å². The second-order valence-corrected chi connectivity index (χ2v) is 4.70. The highest BCUT2D eigenvalue weighted by Gasteiger charge is 2.18. The molecule has 0 saturated heterocycles. The zero-order chi connectivity index (χ0) is 15.8. The molecule has 0 heterocycles. The van der Waals surface area contributed by atoms with Crippen molar-refractivity contribution in [3.05, 3.63) is 35.4 Å². The zero-order valence-corrected chi connectivity index (χ0v) is 12.1. The number of hydrogen-bond donors (Lipinski definition) is 1. The van der Waals surface area contributed by atoms with Crippen LogP contribution in [0.1, 0.15) is 43.5 Å². The third-order valence-corrected chi connectivity index (χ3v) is 2.88. The fourth-order valence-electron chi connectivity index (χ4n) is 1.63. The van der Waals surface area contributed by atoms with Crippen LogP contribution in [0.3, 0.4) is 0 Å². The van der Waals surface area contributed by atoms with Crippen molar-refractivity contribution >= 4 is 11.9 Å². The molecule has 4 nitrogen and oxygen atoms in total. The van der Waals surface area contributed by atoms with Gasteiger partial charge < -0.3 is 10.1 Å². The highest BCUT2D eigenvalue weighted by Crippen LogP contribution is 2.09.